The van der Waals surface area contributed by atoms with Gasteiger partial charge in [-0.2, -0.15) is 0 Å². The molecule has 0 unspecified atom stereocenters. The zero-order chi connectivity index (χ0) is 7.68. The monoisotopic (exact) mass is 287 g/mol. The van der Waals surface area contributed by atoms with E-state index < -0.39 is 0 Å². The summed E-state index contributed by atoms with van der Waals surface area (Å²) in [6, 6.07) is 8.15. The number of benzene rings is 1. The van der Waals surface area contributed by atoms with Crippen molar-refractivity contribution in [1.82, 2.24) is 4.98 Å². The molecule has 0 radical (unpaired) electrons. The summed E-state index contributed by atoms with van der Waals surface area (Å²) in [6.07, 6.45) is 3.67. The Bertz CT molecular complexity index is 382. The van der Waals surface area contributed by atoms with Crippen LogP contribution in [0.15, 0.2) is 41.1 Å². The molecular weight excluding hydrogens is 282 g/mol. The fraction of sp³-hybridized carbons (Fsp3) is 0. The highest BCUT2D eigenvalue weighted by atomic mass is 79.9. The van der Waals surface area contributed by atoms with Gasteiger partial charge in [0.1, 0.15) is 0 Å². The molecule has 1 aromatic heterocycles. The van der Waals surface area contributed by atoms with Gasteiger partial charge < -0.3 is 0 Å². The minimum absolute atomic E-state index is 0. The van der Waals surface area contributed by atoms with Crippen LogP contribution < -0.4 is 0 Å². The molecule has 0 fully saturated rings. The van der Waals surface area contributed by atoms with Gasteiger partial charge >= 0.3 is 0 Å². The van der Waals surface area contributed by atoms with Crippen molar-refractivity contribution in [1.29, 1.82) is 0 Å². The van der Waals surface area contributed by atoms with E-state index in [2.05, 4.69) is 27.0 Å². The van der Waals surface area contributed by atoms with Gasteiger partial charge in [0.15, 0.2) is 0 Å². The van der Waals surface area contributed by atoms with Gasteiger partial charge in [0.05, 0.1) is 0 Å². The second-order valence-electron chi connectivity index (χ2n) is 2.34. The number of aromatic nitrogens is 1. The molecule has 0 saturated heterocycles. The largest absolute Gasteiger partial charge is 0.263 e. The van der Waals surface area contributed by atoms with Crippen LogP contribution in [0.4, 0.5) is 0 Å². The first kappa shape index (κ1) is 9.68. The molecule has 0 atom stereocenters. The molecule has 0 spiro atoms. The number of rotatable bonds is 0. The van der Waals surface area contributed by atoms with E-state index in [9.17, 15) is 0 Å². The molecule has 0 aliphatic heterocycles. The lowest BCUT2D eigenvalue weighted by atomic mass is 10.2. The van der Waals surface area contributed by atoms with E-state index in [1.807, 2.05) is 30.6 Å². The van der Waals surface area contributed by atoms with Crippen molar-refractivity contribution in [2.24, 2.45) is 0 Å². The summed E-state index contributed by atoms with van der Waals surface area (Å²) in [5.74, 6) is 0. The van der Waals surface area contributed by atoms with Crippen molar-refractivity contribution < 1.29 is 0 Å². The average Bonchev–Trinajstić information content (AvgIpc) is 2.06. The second-order valence-corrected chi connectivity index (χ2v) is 3.20. The van der Waals surface area contributed by atoms with Gasteiger partial charge in [-0.25, -0.2) is 0 Å². The molecule has 1 heterocycles. The Morgan fingerprint density at radius 3 is 2.58 bits per heavy atom. The molecule has 0 saturated carbocycles. The van der Waals surface area contributed by atoms with E-state index in [4.69, 9.17) is 0 Å². The van der Waals surface area contributed by atoms with Crippen molar-refractivity contribution >= 4 is 43.7 Å². The highest BCUT2D eigenvalue weighted by Gasteiger charge is 1.94. The lowest BCUT2D eigenvalue weighted by Crippen LogP contribution is -1.75. The van der Waals surface area contributed by atoms with E-state index >= 15 is 0 Å². The van der Waals surface area contributed by atoms with Gasteiger partial charge in [0.25, 0.3) is 0 Å². The number of nitrogens with zero attached hydrogens (tertiary/aromatic N) is 1. The van der Waals surface area contributed by atoms with Gasteiger partial charge in [-0.1, -0.05) is 24.3 Å². The summed E-state index contributed by atoms with van der Waals surface area (Å²) < 4.78 is 1.05. The fourth-order valence-electron chi connectivity index (χ4n) is 1.08. The van der Waals surface area contributed by atoms with Crippen molar-refractivity contribution in [3.63, 3.8) is 0 Å². The van der Waals surface area contributed by atoms with E-state index in [1.54, 1.807) is 0 Å². The van der Waals surface area contributed by atoms with Crippen LogP contribution in [0.25, 0.3) is 10.8 Å². The zero-order valence-electron chi connectivity index (χ0n) is 6.20. The van der Waals surface area contributed by atoms with Gasteiger partial charge in [-0.05, 0) is 21.3 Å². The third-order valence-corrected chi connectivity index (χ3v) is 2.25. The molecule has 0 bridgehead atoms. The van der Waals surface area contributed by atoms with E-state index in [0.717, 1.165) is 4.47 Å². The van der Waals surface area contributed by atoms with Crippen molar-refractivity contribution in [3.05, 3.63) is 41.1 Å². The summed E-state index contributed by atoms with van der Waals surface area (Å²) in [6.45, 7) is 0. The molecule has 0 amide bonds. The standard InChI is InChI=1S/C9H6BrN.BrH/c10-9-6-11-5-7-3-1-2-4-8(7)9;/h1-6H;1H. The summed E-state index contributed by atoms with van der Waals surface area (Å²) in [4.78, 5) is 4.07. The van der Waals surface area contributed by atoms with Crippen molar-refractivity contribution in [2.75, 3.05) is 0 Å². The number of fused-ring (bicyclic) bond motifs is 1. The second kappa shape index (κ2) is 4.01. The number of hydrogen-bond donors (Lipinski definition) is 0. The molecular formula is C9H7Br2N. The Hall–Kier alpha value is -0.410. The van der Waals surface area contributed by atoms with Crippen LogP contribution in [0.5, 0.6) is 0 Å². The first-order valence-corrected chi connectivity index (χ1v) is 4.15. The van der Waals surface area contributed by atoms with Crippen LogP contribution in [-0.2, 0) is 0 Å². The quantitative estimate of drug-likeness (QED) is 0.722. The van der Waals surface area contributed by atoms with Crippen LogP contribution in [0, 0.1) is 0 Å². The predicted molar refractivity (Wildman–Crippen MR) is 59.8 cm³/mol. The molecule has 3 heteroatoms. The van der Waals surface area contributed by atoms with Crippen LogP contribution in [0.1, 0.15) is 0 Å². The van der Waals surface area contributed by atoms with E-state index in [0.29, 0.717) is 0 Å². The Kier molecular flexibility index (Phi) is 3.23. The van der Waals surface area contributed by atoms with Gasteiger partial charge in [-0.15, -0.1) is 17.0 Å². The van der Waals surface area contributed by atoms with E-state index in [1.165, 1.54) is 10.8 Å². The number of pyridine rings is 1. The zero-order valence-corrected chi connectivity index (χ0v) is 9.50. The predicted octanol–water partition coefficient (Wildman–Crippen LogP) is 3.58. The highest BCUT2D eigenvalue weighted by Crippen LogP contribution is 2.21. The average molecular weight is 289 g/mol. The first-order valence-electron chi connectivity index (χ1n) is 3.36. The van der Waals surface area contributed by atoms with Crippen LogP contribution in [-0.4, -0.2) is 4.98 Å². The lowest BCUT2D eigenvalue weighted by Gasteiger charge is -1.96. The minimum atomic E-state index is 0. The number of hydrogen-bond acceptors (Lipinski definition) is 1. The fourth-order valence-corrected chi connectivity index (χ4v) is 1.56. The molecule has 62 valence electrons. The topological polar surface area (TPSA) is 12.9 Å². The Balaban J connectivity index is 0.000000720. The Morgan fingerprint density at radius 1 is 1.08 bits per heavy atom. The molecule has 0 aliphatic rings. The molecule has 0 aliphatic carbocycles. The van der Waals surface area contributed by atoms with Gasteiger partial charge in [0.2, 0.25) is 0 Å². The van der Waals surface area contributed by atoms with Crippen molar-refractivity contribution in [2.45, 2.75) is 0 Å². The summed E-state index contributed by atoms with van der Waals surface area (Å²) >= 11 is 3.43. The summed E-state index contributed by atoms with van der Waals surface area (Å²) in [7, 11) is 0. The molecule has 2 rings (SSSR count). The molecule has 1 aromatic carbocycles. The maximum atomic E-state index is 4.07. The highest BCUT2D eigenvalue weighted by molar-refractivity contribution is 9.10. The lowest BCUT2D eigenvalue weighted by molar-refractivity contribution is 1.35. The van der Waals surface area contributed by atoms with E-state index in [-0.39, 0.29) is 17.0 Å². The number of halogens is 2. The Labute approximate surface area is 89.7 Å². The molecule has 12 heavy (non-hydrogen) atoms. The van der Waals surface area contributed by atoms with Gasteiger partial charge in [-0.3, -0.25) is 4.98 Å². The summed E-state index contributed by atoms with van der Waals surface area (Å²) in [5.41, 5.74) is 0. The molecule has 0 N–H and O–H groups in total. The van der Waals surface area contributed by atoms with Crippen LogP contribution in [0.2, 0.25) is 0 Å². The maximum Gasteiger partial charge on any atom is 0.0437 e. The minimum Gasteiger partial charge on any atom is -0.263 e. The van der Waals surface area contributed by atoms with Gasteiger partial charge in [0, 0.05) is 22.3 Å². The third kappa shape index (κ3) is 1.67. The SMILES string of the molecule is Br.Brc1cncc2ccccc12. The third-order valence-electron chi connectivity index (χ3n) is 1.62. The van der Waals surface area contributed by atoms with Crippen molar-refractivity contribution in [3.8, 4) is 0 Å². The molecule has 1 nitrogen and oxygen atoms in total. The van der Waals surface area contributed by atoms with Crippen LogP contribution >= 0.6 is 32.9 Å². The molecule has 2 aromatic rings. The maximum absolute atomic E-state index is 4.07. The smallest absolute Gasteiger partial charge is 0.0437 e. The Morgan fingerprint density at radius 2 is 1.83 bits per heavy atom. The normalized spacial score (nSPS) is 9.42. The summed E-state index contributed by atoms with van der Waals surface area (Å²) in [5, 5.41) is 2.38. The van der Waals surface area contributed by atoms with Crippen LogP contribution in [0.3, 0.4) is 0 Å². The first-order chi connectivity index (χ1) is 5.38.